The van der Waals surface area contributed by atoms with Gasteiger partial charge in [-0.1, -0.05) is 18.2 Å². The molecule has 1 saturated heterocycles. The molecule has 18 heavy (non-hydrogen) atoms. The van der Waals surface area contributed by atoms with Gasteiger partial charge in [-0.05, 0) is 56.7 Å². The van der Waals surface area contributed by atoms with Gasteiger partial charge < -0.3 is 9.84 Å². The Kier molecular flexibility index (Phi) is 4.08. The summed E-state index contributed by atoms with van der Waals surface area (Å²) in [6.45, 7) is 7.04. The highest BCUT2D eigenvalue weighted by Crippen LogP contribution is 2.30. The lowest BCUT2D eigenvalue weighted by molar-refractivity contribution is -0.135. The Balaban J connectivity index is 2.13. The van der Waals surface area contributed by atoms with Crippen LogP contribution in [0.4, 0.5) is 0 Å². The van der Waals surface area contributed by atoms with Crippen LogP contribution in [0.2, 0.25) is 0 Å². The fraction of sp³-hybridized carbons (Fsp3) is 0.625. The summed E-state index contributed by atoms with van der Waals surface area (Å²) in [5.41, 5.74) is 3.41. The average Bonchev–Trinajstić information content (AvgIpc) is 2.34. The molecule has 0 bridgehead atoms. The van der Waals surface area contributed by atoms with Crippen molar-refractivity contribution in [3.05, 3.63) is 34.9 Å². The van der Waals surface area contributed by atoms with Crippen LogP contribution in [0.1, 0.15) is 42.9 Å². The minimum absolute atomic E-state index is 0.368. The van der Waals surface area contributed by atoms with Crippen LogP contribution in [0.3, 0.4) is 0 Å². The molecule has 1 aromatic carbocycles. The molecular formula is C16H24O2. The summed E-state index contributed by atoms with van der Waals surface area (Å²) in [4.78, 5) is 0. The standard InChI is InChI=1S/C16H24O2/c1-12-7-6-8-13(2)14(12)11-15(17)16(3)9-4-5-10-18-16/h6-8,15,17H,4-5,9-11H2,1-3H3. The quantitative estimate of drug-likeness (QED) is 0.890. The van der Waals surface area contributed by atoms with E-state index >= 15 is 0 Å². The molecule has 0 saturated carbocycles. The molecule has 1 aromatic rings. The molecule has 2 atom stereocenters. The van der Waals surface area contributed by atoms with E-state index in [0.717, 1.165) is 25.9 Å². The Morgan fingerprint density at radius 1 is 1.28 bits per heavy atom. The molecule has 0 radical (unpaired) electrons. The number of hydrogen-bond acceptors (Lipinski definition) is 2. The van der Waals surface area contributed by atoms with Crippen LogP contribution >= 0.6 is 0 Å². The molecular weight excluding hydrogens is 224 g/mol. The minimum Gasteiger partial charge on any atom is -0.390 e. The molecule has 2 rings (SSSR count). The van der Waals surface area contributed by atoms with Crippen molar-refractivity contribution >= 4 is 0 Å². The van der Waals surface area contributed by atoms with E-state index in [1.165, 1.54) is 16.7 Å². The maximum absolute atomic E-state index is 10.5. The monoisotopic (exact) mass is 248 g/mol. The van der Waals surface area contributed by atoms with E-state index in [9.17, 15) is 5.11 Å². The zero-order valence-electron chi connectivity index (χ0n) is 11.7. The van der Waals surface area contributed by atoms with Gasteiger partial charge >= 0.3 is 0 Å². The highest BCUT2D eigenvalue weighted by atomic mass is 16.5. The van der Waals surface area contributed by atoms with E-state index < -0.39 is 6.10 Å². The zero-order valence-corrected chi connectivity index (χ0v) is 11.7. The Labute approximate surface area is 110 Å². The molecule has 1 N–H and O–H groups in total. The second kappa shape index (κ2) is 5.41. The molecule has 1 fully saturated rings. The van der Waals surface area contributed by atoms with Crippen molar-refractivity contribution in [3.63, 3.8) is 0 Å². The van der Waals surface area contributed by atoms with Gasteiger partial charge in [-0.15, -0.1) is 0 Å². The highest BCUT2D eigenvalue weighted by Gasteiger charge is 2.35. The van der Waals surface area contributed by atoms with Crippen molar-refractivity contribution in [3.8, 4) is 0 Å². The molecule has 0 aromatic heterocycles. The number of aryl methyl sites for hydroxylation is 2. The summed E-state index contributed by atoms with van der Waals surface area (Å²) in [7, 11) is 0. The largest absolute Gasteiger partial charge is 0.390 e. The maximum atomic E-state index is 10.5. The predicted molar refractivity (Wildman–Crippen MR) is 73.8 cm³/mol. The molecule has 100 valence electrons. The van der Waals surface area contributed by atoms with Gasteiger partial charge in [-0.2, -0.15) is 0 Å². The molecule has 2 nitrogen and oxygen atoms in total. The topological polar surface area (TPSA) is 29.5 Å². The number of aliphatic hydroxyl groups is 1. The van der Waals surface area contributed by atoms with Crippen molar-refractivity contribution in [2.24, 2.45) is 0 Å². The van der Waals surface area contributed by atoms with Crippen LogP contribution in [0, 0.1) is 13.8 Å². The van der Waals surface area contributed by atoms with Gasteiger partial charge in [-0.3, -0.25) is 0 Å². The fourth-order valence-electron chi connectivity index (χ4n) is 2.80. The normalized spacial score (nSPS) is 26.0. The number of hydrogen-bond donors (Lipinski definition) is 1. The van der Waals surface area contributed by atoms with Gasteiger partial charge in [0, 0.05) is 13.0 Å². The molecule has 1 aliphatic rings. The average molecular weight is 248 g/mol. The van der Waals surface area contributed by atoms with Gasteiger partial charge in [0.1, 0.15) is 0 Å². The number of aliphatic hydroxyl groups excluding tert-OH is 1. The lowest BCUT2D eigenvalue weighted by atomic mass is 9.85. The lowest BCUT2D eigenvalue weighted by Crippen LogP contribution is -2.45. The molecule has 0 amide bonds. The van der Waals surface area contributed by atoms with Gasteiger partial charge in [0.05, 0.1) is 11.7 Å². The minimum atomic E-state index is -0.419. The van der Waals surface area contributed by atoms with Crippen LogP contribution in [0.25, 0.3) is 0 Å². The smallest absolute Gasteiger partial charge is 0.0915 e. The molecule has 2 heteroatoms. The SMILES string of the molecule is Cc1cccc(C)c1CC(O)C1(C)CCCCO1. The van der Waals surface area contributed by atoms with Crippen LogP contribution < -0.4 is 0 Å². The first kappa shape index (κ1) is 13.6. The first-order chi connectivity index (χ1) is 8.53. The molecule has 0 aliphatic carbocycles. The van der Waals surface area contributed by atoms with Gasteiger partial charge in [-0.25, -0.2) is 0 Å². The van der Waals surface area contributed by atoms with E-state index in [0.29, 0.717) is 6.42 Å². The summed E-state index contributed by atoms with van der Waals surface area (Å²) in [6, 6.07) is 6.29. The maximum Gasteiger partial charge on any atom is 0.0915 e. The van der Waals surface area contributed by atoms with Crippen molar-refractivity contribution in [2.45, 2.75) is 58.2 Å². The first-order valence-corrected chi connectivity index (χ1v) is 6.90. The van der Waals surface area contributed by atoms with E-state index in [-0.39, 0.29) is 5.60 Å². The van der Waals surface area contributed by atoms with Crippen LogP contribution in [0.5, 0.6) is 0 Å². The lowest BCUT2D eigenvalue weighted by Gasteiger charge is -2.38. The number of rotatable bonds is 3. The van der Waals surface area contributed by atoms with Crippen molar-refractivity contribution < 1.29 is 9.84 Å². The number of ether oxygens (including phenoxy) is 1. The molecule has 1 aliphatic heterocycles. The van der Waals surface area contributed by atoms with Crippen molar-refractivity contribution in [1.29, 1.82) is 0 Å². The van der Waals surface area contributed by atoms with E-state index in [2.05, 4.69) is 32.0 Å². The molecule has 0 spiro atoms. The Morgan fingerprint density at radius 2 is 1.94 bits per heavy atom. The zero-order chi connectivity index (χ0) is 13.2. The van der Waals surface area contributed by atoms with Crippen LogP contribution in [-0.2, 0) is 11.2 Å². The second-order valence-corrected chi connectivity index (χ2v) is 5.71. The van der Waals surface area contributed by atoms with Crippen LogP contribution in [0.15, 0.2) is 18.2 Å². The van der Waals surface area contributed by atoms with Crippen LogP contribution in [-0.4, -0.2) is 23.4 Å². The highest BCUT2D eigenvalue weighted by molar-refractivity contribution is 5.34. The third kappa shape index (κ3) is 2.76. The third-order valence-corrected chi connectivity index (χ3v) is 4.25. The first-order valence-electron chi connectivity index (χ1n) is 6.90. The van der Waals surface area contributed by atoms with Gasteiger partial charge in [0.15, 0.2) is 0 Å². The summed E-state index contributed by atoms with van der Waals surface area (Å²) < 4.78 is 5.83. The van der Waals surface area contributed by atoms with Gasteiger partial charge in [0.2, 0.25) is 0 Å². The molecule has 1 heterocycles. The Morgan fingerprint density at radius 3 is 2.50 bits per heavy atom. The second-order valence-electron chi connectivity index (χ2n) is 5.71. The third-order valence-electron chi connectivity index (χ3n) is 4.25. The Hall–Kier alpha value is -0.860. The van der Waals surface area contributed by atoms with E-state index in [1.807, 2.05) is 6.92 Å². The summed E-state index contributed by atoms with van der Waals surface area (Å²) in [6.07, 6.45) is 3.50. The molecule has 2 unspecified atom stereocenters. The van der Waals surface area contributed by atoms with Crippen molar-refractivity contribution in [2.75, 3.05) is 6.61 Å². The fourth-order valence-corrected chi connectivity index (χ4v) is 2.80. The number of benzene rings is 1. The van der Waals surface area contributed by atoms with E-state index in [4.69, 9.17) is 4.74 Å². The van der Waals surface area contributed by atoms with E-state index in [1.54, 1.807) is 0 Å². The predicted octanol–water partition coefficient (Wildman–Crippen LogP) is 3.17. The summed E-state index contributed by atoms with van der Waals surface area (Å²) >= 11 is 0. The van der Waals surface area contributed by atoms with Crippen molar-refractivity contribution in [1.82, 2.24) is 0 Å². The Bertz CT molecular complexity index is 385. The summed E-state index contributed by atoms with van der Waals surface area (Å²) in [5, 5.41) is 10.5. The van der Waals surface area contributed by atoms with Gasteiger partial charge in [0.25, 0.3) is 0 Å². The summed E-state index contributed by atoms with van der Waals surface area (Å²) in [5.74, 6) is 0.